The predicted molar refractivity (Wildman–Crippen MR) is 112 cm³/mol. The summed E-state index contributed by atoms with van der Waals surface area (Å²) in [7, 11) is 4.20. The molecule has 24 heavy (non-hydrogen) atoms. The van der Waals surface area contributed by atoms with Gasteiger partial charge in [0.2, 0.25) is 5.91 Å². The first kappa shape index (κ1) is 22.2. The van der Waals surface area contributed by atoms with Crippen molar-refractivity contribution in [3.8, 4) is 0 Å². The van der Waals surface area contributed by atoms with Crippen molar-refractivity contribution in [1.82, 2.24) is 5.32 Å². The van der Waals surface area contributed by atoms with E-state index in [1.807, 2.05) is 0 Å². The van der Waals surface area contributed by atoms with Crippen molar-refractivity contribution in [1.29, 1.82) is 0 Å². The molecule has 0 radical (unpaired) electrons. The first-order valence-corrected chi connectivity index (χ1v) is 12.7. The third-order valence-electron chi connectivity index (χ3n) is 5.08. The second-order valence-electron chi connectivity index (χ2n) is 7.21. The normalized spacial score (nSPS) is 20.0. The van der Waals surface area contributed by atoms with E-state index < -0.39 is 0 Å². The molecule has 1 aliphatic rings. The molecule has 0 aliphatic carbocycles. The highest BCUT2D eigenvalue weighted by atomic mass is 33.1. The molecule has 1 N–H and O–H groups in total. The van der Waals surface area contributed by atoms with E-state index in [0.717, 1.165) is 49.8 Å². The summed E-state index contributed by atoms with van der Waals surface area (Å²) in [4.78, 5) is 12.3. The lowest BCUT2D eigenvalue weighted by Crippen LogP contribution is -2.31. The molecule has 3 unspecified atom stereocenters. The zero-order valence-corrected chi connectivity index (χ0v) is 17.8. The van der Waals surface area contributed by atoms with Gasteiger partial charge in [0.25, 0.3) is 0 Å². The highest BCUT2D eigenvalue weighted by Crippen LogP contribution is 2.44. The zero-order chi connectivity index (χ0) is 17.6. The van der Waals surface area contributed by atoms with Crippen LogP contribution in [-0.2, 0) is 4.79 Å². The molecule has 1 aliphatic heterocycles. The van der Waals surface area contributed by atoms with Crippen molar-refractivity contribution in [2.45, 2.75) is 96.7 Å². The zero-order valence-electron chi connectivity index (χ0n) is 16.1. The van der Waals surface area contributed by atoms with Crippen LogP contribution >= 0.6 is 21.6 Å². The fourth-order valence-electron chi connectivity index (χ4n) is 3.63. The van der Waals surface area contributed by atoms with Crippen molar-refractivity contribution in [3.05, 3.63) is 0 Å². The van der Waals surface area contributed by atoms with Gasteiger partial charge in [0.05, 0.1) is 0 Å². The van der Waals surface area contributed by atoms with Gasteiger partial charge in [-0.05, 0) is 44.4 Å². The molecule has 0 spiro atoms. The van der Waals surface area contributed by atoms with Crippen LogP contribution in [0.1, 0.15) is 91.4 Å². The summed E-state index contributed by atoms with van der Waals surface area (Å²) in [5, 5.41) is 4.03. The van der Waals surface area contributed by atoms with Gasteiger partial charge >= 0.3 is 0 Å². The summed E-state index contributed by atoms with van der Waals surface area (Å²) < 4.78 is 0. The molecule has 0 saturated carbocycles. The van der Waals surface area contributed by atoms with Crippen LogP contribution in [0.2, 0.25) is 0 Å². The Morgan fingerprint density at radius 1 is 1.00 bits per heavy atom. The Morgan fingerprint density at radius 2 is 1.75 bits per heavy atom. The van der Waals surface area contributed by atoms with Gasteiger partial charge in [0, 0.05) is 23.5 Å². The van der Waals surface area contributed by atoms with Crippen molar-refractivity contribution in [3.63, 3.8) is 0 Å². The van der Waals surface area contributed by atoms with Gasteiger partial charge in [-0.3, -0.25) is 4.79 Å². The molecule has 3 atom stereocenters. The largest absolute Gasteiger partial charge is 0.356 e. The van der Waals surface area contributed by atoms with Gasteiger partial charge in [-0.1, -0.05) is 74.5 Å². The second kappa shape index (κ2) is 14.4. The number of carbonyl (C=O) groups is 1. The Kier molecular flexibility index (Phi) is 13.3. The maximum Gasteiger partial charge on any atom is 0.223 e. The number of hydrogen-bond acceptors (Lipinski definition) is 3. The Hall–Kier alpha value is 0.170. The molecule has 0 bridgehead atoms. The van der Waals surface area contributed by atoms with Crippen LogP contribution in [-0.4, -0.2) is 23.5 Å². The molecule has 1 rings (SSSR count). The van der Waals surface area contributed by atoms with Crippen LogP contribution in [0.5, 0.6) is 0 Å². The lowest BCUT2D eigenvalue weighted by molar-refractivity contribution is -0.125. The molecule has 2 nitrogen and oxygen atoms in total. The Bertz CT molecular complexity index is 319. The maximum absolute atomic E-state index is 12.3. The minimum Gasteiger partial charge on any atom is -0.356 e. The molecule has 4 heteroatoms. The van der Waals surface area contributed by atoms with Gasteiger partial charge in [-0.15, -0.1) is 0 Å². The van der Waals surface area contributed by atoms with Crippen molar-refractivity contribution >= 4 is 27.5 Å². The average Bonchev–Trinajstić information content (AvgIpc) is 3.11. The summed E-state index contributed by atoms with van der Waals surface area (Å²) in [6, 6.07) is 0. The molecule has 142 valence electrons. The SMILES string of the molecule is CCCCNC(=O)C(CCC)CCCCC(CCC)C1CCSS1. The van der Waals surface area contributed by atoms with E-state index in [1.54, 1.807) is 0 Å². The smallest absolute Gasteiger partial charge is 0.223 e. The Labute approximate surface area is 158 Å². The standard InChI is InChI=1S/C20H39NOS2/c1-4-7-15-21-20(22)18(11-6-3)13-9-8-12-17(10-5-2)19-14-16-23-24-19/h17-19H,4-16H2,1-3H3,(H,21,22). The third kappa shape index (κ3) is 9.03. The molecule has 1 saturated heterocycles. The van der Waals surface area contributed by atoms with Crippen LogP contribution in [0.3, 0.4) is 0 Å². The number of hydrogen-bond donors (Lipinski definition) is 1. The lowest BCUT2D eigenvalue weighted by Gasteiger charge is -2.22. The quantitative estimate of drug-likeness (QED) is 0.280. The van der Waals surface area contributed by atoms with Gasteiger partial charge < -0.3 is 5.32 Å². The summed E-state index contributed by atoms with van der Waals surface area (Å²) >= 11 is 0. The van der Waals surface area contributed by atoms with E-state index in [1.165, 1.54) is 44.3 Å². The van der Waals surface area contributed by atoms with Crippen molar-refractivity contribution in [2.75, 3.05) is 12.3 Å². The van der Waals surface area contributed by atoms with Crippen LogP contribution in [0.25, 0.3) is 0 Å². The first-order valence-electron chi connectivity index (χ1n) is 10.3. The highest BCUT2D eigenvalue weighted by molar-refractivity contribution is 8.77. The molecule has 1 amide bonds. The van der Waals surface area contributed by atoms with Crippen molar-refractivity contribution in [2.24, 2.45) is 11.8 Å². The molecule has 0 aromatic heterocycles. The van der Waals surface area contributed by atoms with Crippen LogP contribution in [0.4, 0.5) is 0 Å². The average molecular weight is 374 g/mol. The van der Waals surface area contributed by atoms with E-state index in [4.69, 9.17) is 0 Å². The van der Waals surface area contributed by atoms with Crippen LogP contribution in [0.15, 0.2) is 0 Å². The van der Waals surface area contributed by atoms with Crippen LogP contribution < -0.4 is 5.32 Å². The van der Waals surface area contributed by atoms with Gasteiger partial charge in [-0.2, -0.15) is 0 Å². The molecule has 1 fully saturated rings. The predicted octanol–water partition coefficient (Wildman–Crippen LogP) is 6.45. The maximum atomic E-state index is 12.3. The topological polar surface area (TPSA) is 29.1 Å². The Balaban J connectivity index is 2.28. The van der Waals surface area contributed by atoms with Crippen LogP contribution in [0, 0.1) is 11.8 Å². The fourth-order valence-corrected chi connectivity index (χ4v) is 6.91. The van der Waals surface area contributed by atoms with Gasteiger partial charge in [-0.25, -0.2) is 0 Å². The number of amides is 1. The minimum absolute atomic E-state index is 0.243. The summed E-state index contributed by atoms with van der Waals surface area (Å²) in [6.07, 6.45) is 13.5. The van der Waals surface area contributed by atoms with E-state index in [0.29, 0.717) is 5.91 Å². The summed E-state index contributed by atoms with van der Waals surface area (Å²) in [5.74, 6) is 2.79. The molecule has 0 aromatic carbocycles. The summed E-state index contributed by atoms with van der Waals surface area (Å²) in [6.45, 7) is 7.53. The molecular weight excluding hydrogens is 334 g/mol. The number of unbranched alkanes of at least 4 members (excludes halogenated alkanes) is 2. The van der Waals surface area contributed by atoms with E-state index >= 15 is 0 Å². The van der Waals surface area contributed by atoms with Crippen molar-refractivity contribution < 1.29 is 4.79 Å². The second-order valence-corrected chi connectivity index (χ2v) is 9.94. The van der Waals surface area contributed by atoms with E-state index in [9.17, 15) is 4.79 Å². The summed E-state index contributed by atoms with van der Waals surface area (Å²) in [5.41, 5.74) is 0. The highest BCUT2D eigenvalue weighted by Gasteiger charge is 2.25. The Morgan fingerprint density at radius 3 is 2.38 bits per heavy atom. The number of nitrogens with one attached hydrogen (secondary N) is 1. The molecular formula is C20H39NOS2. The number of rotatable bonds is 14. The monoisotopic (exact) mass is 373 g/mol. The third-order valence-corrected chi connectivity index (χ3v) is 8.13. The van der Waals surface area contributed by atoms with Gasteiger partial charge in [0.15, 0.2) is 0 Å². The van der Waals surface area contributed by atoms with E-state index in [2.05, 4.69) is 47.7 Å². The lowest BCUT2D eigenvalue weighted by atomic mass is 9.89. The fraction of sp³-hybridized carbons (Fsp3) is 0.950. The van der Waals surface area contributed by atoms with Gasteiger partial charge in [0.1, 0.15) is 0 Å². The molecule has 1 heterocycles. The van der Waals surface area contributed by atoms with E-state index in [-0.39, 0.29) is 5.92 Å². The minimum atomic E-state index is 0.243. The number of carbonyl (C=O) groups excluding carboxylic acids is 1. The molecule has 0 aromatic rings. The first-order chi connectivity index (χ1) is 11.7.